The summed E-state index contributed by atoms with van der Waals surface area (Å²) in [5.41, 5.74) is 0.560. The molecular formula is C14H29N3. The average molecular weight is 239 g/mol. The molecule has 1 spiro atoms. The predicted molar refractivity (Wildman–Crippen MR) is 73.4 cm³/mol. The molecule has 100 valence electrons. The van der Waals surface area contributed by atoms with Crippen LogP contribution in [0.5, 0.6) is 0 Å². The molecule has 17 heavy (non-hydrogen) atoms. The molecule has 3 nitrogen and oxygen atoms in total. The molecule has 1 saturated heterocycles. The first kappa shape index (κ1) is 13.3. The smallest absolute Gasteiger partial charge is 0.0341 e. The molecule has 0 aromatic carbocycles. The highest BCUT2D eigenvalue weighted by Gasteiger charge is 2.51. The van der Waals surface area contributed by atoms with Crippen LogP contribution in [-0.2, 0) is 0 Å². The van der Waals surface area contributed by atoms with E-state index >= 15 is 0 Å². The molecule has 2 aliphatic rings. The Kier molecular flexibility index (Phi) is 4.11. The van der Waals surface area contributed by atoms with Crippen molar-refractivity contribution in [2.75, 3.05) is 32.7 Å². The van der Waals surface area contributed by atoms with E-state index in [-0.39, 0.29) is 0 Å². The summed E-state index contributed by atoms with van der Waals surface area (Å²) in [6.45, 7) is 15.3. The fraction of sp³-hybridized carbons (Fsp3) is 1.00. The van der Waals surface area contributed by atoms with Crippen LogP contribution in [0.2, 0.25) is 0 Å². The molecule has 1 N–H and O–H groups in total. The SMILES string of the molecule is CC(C)NCCN1CCN(C(C)C)C2(CC2)C1. The molecular weight excluding hydrogens is 210 g/mol. The minimum Gasteiger partial charge on any atom is -0.313 e. The van der Waals surface area contributed by atoms with Crippen molar-refractivity contribution >= 4 is 0 Å². The van der Waals surface area contributed by atoms with Gasteiger partial charge in [-0.05, 0) is 26.7 Å². The summed E-state index contributed by atoms with van der Waals surface area (Å²) in [5.74, 6) is 0. The molecule has 0 aromatic heterocycles. The van der Waals surface area contributed by atoms with Crippen LogP contribution in [0.4, 0.5) is 0 Å². The fourth-order valence-electron chi connectivity index (χ4n) is 3.17. The summed E-state index contributed by atoms with van der Waals surface area (Å²) in [6.07, 6.45) is 2.83. The zero-order valence-corrected chi connectivity index (χ0v) is 12.0. The molecule has 0 bridgehead atoms. The van der Waals surface area contributed by atoms with E-state index in [0.717, 1.165) is 6.54 Å². The van der Waals surface area contributed by atoms with Crippen LogP contribution >= 0.6 is 0 Å². The minimum absolute atomic E-state index is 0.560. The Labute approximate surface area is 107 Å². The maximum Gasteiger partial charge on any atom is 0.0341 e. The van der Waals surface area contributed by atoms with Gasteiger partial charge < -0.3 is 5.32 Å². The Morgan fingerprint density at radius 3 is 2.35 bits per heavy atom. The zero-order valence-electron chi connectivity index (χ0n) is 12.0. The number of hydrogen-bond acceptors (Lipinski definition) is 3. The Hall–Kier alpha value is -0.120. The van der Waals surface area contributed by atoms with Gasteiger partial charge in [0.2, 0.25) is 0 Å². The molecule has 1 saturated carbocycles. The molecule has 0 unspecified atom stereocenters. The quantitative estimate of drug-likeness (QED) is 0.785. The molecule has 1 aliphatic carbocycles. The molecule has 0 aromatic rings. The molecule has 2 rings (SSSR count). The van der Waals surface area contributed by atoms with Crippen LogP contribution in [0.15, 0.2) is 0 Å². The third-order valence-corrected chi connectivity index (χ3v) is 4.22. The Morgan fingerprint density at radius 1 is 1.12 bits per heavy atom. The van der Waals surface area contributed by atoms with Crippen LogP contribution in [0, 0.1) is 0 Å². The second-order valence-corrected chi connectivity index (χ2v) is 6.40. The van der Waals surface area contributed by atoms with Gasteiger partial charge >= 0.3 is 0 Å². The molecule has 0 radical (unpaired) electrons. The summed E-state index contributed by atoms with van der Waals surface area (Å²) in [7, 11) is 0. The predicted octanol–water partition coefficient (Wildman–Crippen LogP) is 1.54. The first-order chi connectivity index (χ1) is 8.03. The van der Waals surface area contributed by atoms with Crippen LogP contribution in [0.1, 0.15) is 40.5 Å². The first-order valence-electron chi connectivity index (χ1n) is 7.26. The lowest BCUT2D eigenvalue weighted by Crippen LogP contribution is -2.57. The van der Waals surface area contributed by atoms with Gasteiger partial charge in [0, 0.05) is 50.3 Å². The van der Waals surface area contributed by atoms with Gasteiger partial charge in [-0.15, -0.1) is 0 Å². The van der Waals surface area contributed by atoms with Crippen LogP contribution < -0.4 is 5.32 Å². The molecule has 0 amide bonds. The van der Waals surface area contributed by atoms with Crippen LogP contribution in [-0.4, -0.2) is 60.1 Å². The van der Waals surface area contributed by atoms with E-state index < -0.39 is 0 Å². The molecule has 2 fully saturated rings. The van der Waals surface area contributed by atoms with Crippen molar-refractivity contribution < 1.29 is 0 Å². The summed E-state index contributed by atoms with van der Waals surface area (Å²) in [4.78, 5) is 5.39. The first-order valence-corrected chi connectivity index (χ1v) is 7.26. The number of hydrogen-bond donors (Lipinski definition) is 1. The van der Waals surface area contributed by atoms with Gasteiger partial charge in [-0.2, -0.15) is 0 Å². The van der Waals surface area contributed by atoms with Crippen molar-refractivity contribution in [1.82, 2.24) is 15.1 Å². The molecule has 1 aliphatic heterocycles. The lowest BCUT2D eigenvalue weighted by molar-refractivity contribution is 0.0367. The number of rotatable bonds is 5. The van der Waals surface area contributed by atoms with E-state index in [0.29, 0.717) is 17.6 Å². The van der Waals surface area contributed by atoms with Crippen molar-refractivity contribution in [2.24, 2.45) is 0 Å². The Bertz CT molecular complexity index is 244. The summed E-state index contributed by atoms with van der Waals surface area (Å²) < 4.78 is 0. The lowest BCUT2D eigenvalue weighted by Gasteiger charge is -2.44. The van der Waals surface area contributed by atoms with Gasteiger partial charge in [0.25, 0.3) is 0 Å². The van der Waals surface area contributed by atoms with Crippen LogP contribution in [0.3, 0.4) is 0 Å². The number of nitrogens with zero attached hydrogens (tertiary/aromatic N) is 2. The van der Waals surface area contributed by atoms with Crippen molar-refractivity contribution in [3.05, 3.63) is 0 Å². The second kappa shape index (κ2) is 5.25. The third kappa shape index (κ3) is 3.21. The largest absolute Gasteiger partial charge is 0.313 e. The average Bonchev–Trinajstić information content (AvgIpc) is 2.97. The van der Waals surface area contributed by atoms with Gasteiger partial charge in [-0.25, -0.2) is 0 Å². The van der Waals surface area contributed by atoms with E-state index in [4.69, 9.17) is 0 Å². The lowest BCUT2D eigenvalue weighted by atomic mass is 10.1. The van der Waals surface area contributed by atoms with Gasteiger partial charge in [0.05, 0.1) is 0 Å². The van der Waals surface area contributed by atoms with Crippen molar-refractivity contribution in [3.63, 3.8) is 0 Å². The fourth-order valence-corrected chi connectivity index (χ4v) is 3.17. The molecule has 3 heteroatoms. The van der Waals surface area contributed by atoms with E-state index in [1.807, 2.05) is 0 Å². The van der Waals surface area contributed by atoms with E-state index in [2.05, 4.69) is 42.8 Å². The van der Waals surface area contributed by atoms with Crippen molar-refractivity contribution in [1.29, 1.82) is 0 Å². The molecule has 0 atom stereocenters. The summed E-state index contributed by atoms with van der Waals surface area (Å²) >= 11 is 0. The maximum absolute atomic E-state index is 3.52. The minimum atomic E-state index is 0.560. The van der Waals surface area contributed by atoms with E-state index in [1.165, 1.54) is 39.0 Å². The Balaban J connectivity index is 1.78. The van der Waals surface area contributed by atoms with E-state index in [9.17, 15) is 0 Å². The highest BCUT2D eigenvalue weighted by atomic mass is 15.3. The highest BCUT2D eigenvalue weighted by molar-refractivity contribution is 5.09. The van der Waals surface area contributed by atoms with Gasteiger partial charge in [-0.3, -0.25) is 9.80 Å². The topological polar surface area (TPSA) is 18.5 Å². The van der Waals surface area contributed by atoms with Crippen LogP contribution in [0.25, 0.3) is 0 Å². The summed E-state index contributed by atoms with van der Waals surface area (Å²) in [6, 6.07) is 1.33. The van der Waals surface area contributed by atoms with Gasteiger partial charge in [0.15, 0.2) is 0 Å². The van der Waals surface area contributed by atoms with Gasteiger partial charge in [-0.1, -0.05) is 13.8 Å². The molecule has 1 heterocycles. The van der Waals surface area contributed by atoms with Crippen molar-refractivity contribution in [3.8, 4) is 0 Å². The second-order valence-electron chi connectivity index (χ2n) is 6.40. The maximum atomic E-state index is 3.52. The standard InChI is InChI=1S/C14H29N3/c1-12(2)15-7-8-16-9-10-17(13(3)4)14(11-16)5-6-14/h12-13,15H,5-11H2,1-4H3. The highest BCUT2D eigenvalue weighted by Crippen LogP contribution is 2.45. The zero-order chi connectivity index (χ0) is 12.5. The van der Waals surface area contributed by atoms with E-state index in [1.54, 1.807) is 0 Å². The number of piperazine rings is 1. The third-order valence-electron chi connectivity index (χ3n) is 4.22. The normalized spacial score (nSPS) is 25.1. The monoisotopic (exact) mass is 239 g/mol. The summed E-state index contributed by atoms with van der Waals surface area (Å²) in [5, 5.41) is 3.52. The Morgan fingerprint density at radius 2 is 1.82 bits per heavy atom. The van der Waals surface area contributed by atoms with Gasteiger partial charge in [0.1, 0.15) is 0 Å². The van der Waals surface area contributed by atoms with Crippen molar-refractivity contribution in [2.45, 2.75) is 58.2 Å². The number of nitrogens with one attached hydrogen (secondary N) is 1.